The van der Waals surface area contributed by atoms with Crippen molar-refractivity contribution in [2.45, 2.75) is 27.2 Å². The zero-order chi connectivity index (χ0) is 12.2. The Hall–Kier alpha value is -1.02. The number of nitrogens with two attached hydrogens (primary N) is 1. The fraction of sp³-hybridized carbons (Fsp3) is 0.571. The van der Waals surface area contributed by atoms with Gasteiger partial charge in [-0.25, -0.2) is 0 Å². The normalized spacial score (nSPS) is 11.6. The fourth-order valence-corrected chi connectivity index (χ4v) is 2.07. The summed E-state index contributed by atoms with van der Waals surface area (Å²) >= 11 is 0. The first-order chi connectivity index (χ1) is 7.44. The average molecular weight is 220 g/mol. The molecule has 2 N–H and O–H groups in total. The third-order valence-corrected chi connectivity index (χ3v) is 2.93. The van der Waals surface area contributed by atoms with E-state index in [2.05, 4.69) is 57.0 Å². The first kappa shape index (κ1) is 13.0. The van der Waals surface area contributed by atoms with E-state index in [9.17, 15) is 0 Å². The molecule has 2 nitrogen and oxygen atoms in total. The number of nitrogens with zero attached hydrogens (tertiary/aromatic N) is 1. The largest absolute Gasteiger partial charge is 0.374 e. The van der Waals surface area contributed by atoms with Gasteiger partial charge in [0.2, 0.25) is 0 Å². The molecule has 0 bridgehead atoms. The molecule has 1 aromatic carbocycles. The molecule has 0 atom stereocenters. The molecule has 0 spiro atoms. The summed E-state index contributed by atoms with van der Waals surface area (Å²) < 4.78 is 0. The van der Waals surface area contributed by atoms with Gasteiger partial charge in [-0.2, -0.15) is 0 Å². The number of anilines is 1. The van der Waals surface area contributed by atoms with Crippen LogP contribution in [0.25, 0.3) is 0 Å². The Morgan fingerprint density at radius 3 is 2.56 bits per heavy atom. The van der Waals surface area contributed by atoms with E-state index in [1.54, 1.807) is 0 Å². The quantitative estimate of drug-likeness (QED) is 0.826. The van der Waals surface area contributed by atoms with Gasteiger partial charge in [0, 0.05) is 19.3 Å². The van der Waals surface area contributed by atoms with E-state index in [0.29, 0.717) is 0 Å². The van der Waals surface area contributed by atoms with Crippen molar-refractivity contribution >= 4 is 5.69 Å². The van der Waals surface area contributed by atoms with Gasteiger partial charge in [-0.15, -0.1) is 0 Å². The summed E-state index contributed by atoms with van der Waals surface area (Å²) in [7, 11) is 2.15. The molecular weight excluding hydrogens is 196 g/mol. The molecule has 0 saturated heterocycles. The predicted octanol–water partition coefficient (Wildman–Crippen LogP) is 2.81. The van der Waals surface area contributed by atoms with Crippen LogP contribution in [0.1, 0.15) is 25.8 Å². The van der Waals surface area contributed by atoms with Crippen molar-refractivity contribution in [1.29, 1.82) is 0 Å². The van der Waals surface area contributed by atoms with Crippen molar-refractivity contribution < 1.29 is 0 Å². The third kappa shape index (κ3) is 3.86. The molecule has 0 amide bonds. The second kappa shape index (κ2) is 5.35. The third-order valence-electron chi connectivity index (χ3n) is 2.93. The summed E-state index contributed by atoms with van der Waals surface area (Å²) in [5, 5.41) is 0. The number of aryl methyl sites for hydroxylation is 1. The highest BCUT2D eigenvalue weighted by atomic mass is 15.1. The number of benzene rings is 1. The van der Waals surface area contributed by atoms with Crippen molar-refractivity contribution in [3.63, 3.8) is 0 Å². The molecule has 0 heterocycles. The van der Waals surface area contributed by atoms with Crippen molar-refractivity contribution in [3.8, 4) is 0 Å². The molecule has 0 radical (unpaired) electrons. The highest BCUT2D eigenvalue weighted by Gasteiger charge is 2.19. The van der Waals surface area contributed by atoms with Crippen LogP contribution in [-0.2, 0) is 0 Å². The molecule has 1 aromatic rings. The Labute approximate surface area is 99.5 Å². The summed E-state index contributed by atoms with van der Waals surface area (Å²) in [6.07, 6.45) is 1.06. The van der Waals surface area contributed by atoms with Crippen LogP contribution in [0.5, 0.6) is 0 Å². The van der Waals surface area contributed by atoms with Crippen LogP contribution in [0.15, 0.2) is 24.3 Å². The minimum Gasteiger partial charge on any atom is -0.374 e. The monoisotopic (exact) mass is 220 g/mol. The van der Waals surface area contributed by atoms with E-state index in [1.165, 1.54) is 11.3 Å². The molecule has 90 valence electrons. The van der Waals surface area contributed by atoms with Crippen LogP contribution in [-0.4, -0.2) is 20.1 Å². The first-order valence-electron chi connectivity index (χ1n) is 5.92. The summed E-state index contributed by atoms with van der Waals surface area (Å²) in [6.45, 7) is 8.46. The molecule has 0 aliphatic heterocycles. The fourth-order valence-electron chi connectivity index (χ4n) is 2.07. The minimum absolute atomic E-state index is 0.271. The lowest BCUT2D eigenvalue weighted by atomic mass is 9.88. The molecule has 2 heteroatoms. The minimum atomic E-state index is 0.271. The lowest BCUT2D eigenvalue weighted by molar-refractivity contribution is 0.347. The Bertz CT molecular complexity index is 331. The van der Waals surface area contributed by atoms with Gasteiger partial charge in [0.15, 0.2) is 0 Å². The van der Waals surface area contributed by atoms with Gasteiger partial charge in [0.25, 0.3) is 0 Å². The lowest BCUT2D eigenvalue weighted by Gasteiger charge is -2.31. The SMILES string of the molecule is Cc1cccc(N(C)CC(C)(C)CCN)c1. The average Bonchev–Trinajstić information content (AvgIpc) is 2.16. The van der Waals surface area contributed by atoms with Crippen molar-refractivity contribution in [2.75, 3.05) is 25.0 Å². The molecule has 0 saturated carbocycles. The molecule has 16 heavy (non-hydrogen) atoms. The van der Waals surface area contributed by atoms with Gasteiger partial charge >= 0.3 is 0 Å². The zero-order valence-electron chi connectivity index (χ0n) is 11.0. The summed E-state index contributed by atoms with van der Waals surface area (Å²) in [4.78, 5) is 2.31. The van der Waals surface area contributed by atoms with E-state index in [4.69, 9.17) is 5.73 Å². The number of rotatable bonds is 5. The second-order valence-corrected chi connectivity index (χ2v) is 5.40. The maximum atomic E-state index is 5.63. The summed E-state index contributed by atoms with van der Waals surface area (Å²) in [6, 6.07) is 8.61. The smallest absolute Gasteiger partial charge is 0.0366 e. The molecule has 1 rings (SSSR count). The van der Waals surface area contributed by atoms with Crippen LogP contribution in [0, 0.1) is 12.3 Å². The van der Waals surface area contributed by atoms with Crippen molar-refractivity contribution in [2.24, 2.45) is 11.1 Å². The van der Waals surface area contributed by atoms with Gasteiger partial charge in [0.05, 0.1) is 0 Å². The van der Waals surface area contributed by atoms with Gasteiger partial charge < -0.3 is 10.6 Å². The highest BCUT2D eigenvalue weighted by molar-refractivity contribution is 5.47. The topological polar surface area (TPSA) is 29.3 Å². The zero-order valence-corrected chi connectivity index (χ0v) is 11.0. The second-order valence-electron chi connectivity index (χ2n) is 5.40. The van der Waals surface area contributed by atoms with Crippen LogP contribution in [0.2, 0.25) is 0 Å². The van der Waals surface area contributed by atoms with E-state index >= 15 is 0 Å². The van der Waals surface area contributed by atoms with E-state index in [-0.39, 0.29) is 5.41 Å². The summed E-state index contributed by atoms with van der Waals surface area (Å²) in [5.74, 6) is 0. The van der Waals surface area contributed by atoms with Crippen LogP contribution in [0.4, 0.5) is 5.69 Å². The lowest BCUT2D eigenvalue weighted by Crippen LogP contribution is -2.32. The van der Waals surface area contributed by atoms with Crippen molar-refractivity contribution in [3.05, 3.63) is 29.8 Å². The van der Waals surface area contributed by atoms with Crippen molar-refractivity contribution in [1.82, 2.24) is 0 Å². The first-order valence-corrected chi connectivity index (χ1v) is 5.92. The van der Waals surface area contributed by atoms with Crippen LogP contribution < -0.4 is 10.6 Å². The predicted molar refractivity (Wildman–Crippen MR) is 71.9 cm³/mol. The summed E-state index contributed by atoms with van der Waals surface area (Å²) in [5.41, 5.74) is 8.49. The van der Waals surface area contributed by atoms with Gasteiger partial charge in [-0.05, 0) is 43.0 Å². The van der Waals surface area contributed by atoms with E-state index in [1.807, 2.05) is 0 Å². The maximum Gasteiger partial charge on any atom is 0.0366 e. The number of hydrogen-bond acceptors (Lipinski definition) is 2. The van der Waals surface area contributed by atoms with Gasteiger partial charge in [-0.3, -0.25) is 0 Å². The van der Waals surface area contributed by atoms with Crippen LogP contribution in [0.3, 0.4) is 0 Å². The molecule has 0 aliphatic rings. The molecule has 0 aromatic heterocycles. The van der Waals surface area contributed by atoms with Gasteiger partial charge in [-0.1, -0.05) is 26.0 Å². The Balaban J connectivity index is 2.68. The van der Waals surface area contributed by atoms with Gasteiger partial charge in [0.1, 0.15) is 0 Å². The molecular formula is C14H24N2. The van der Waals surface area contributed by atoms with E-state index < -0.39 is 0 Å². The Morgan fingerprint density at radius 2 is 2.00 bits per heavy atom. The molecule has 0 unspecified atom stereocenters. The Kier molecular flexibility index (Phi) is 4.36. The molecule has 0 aliphatic carbocycles. The standard InChI is InChI=1S/C14H24N2/c1-12-6-5-7-13(10-12)16(4)11-14(2,3)8-9-15/h5-7,10H,8-9,11,15H2,1-4H3. The molecule has 0 fully saturated rings. The highest BCUT2D eigenvalue weighted by Crippen LogP contribution is 2.24. The Morgan fingerprint density at radius 1 is 1.31 bits per heavy atom. The maximum absolute atomic E-state index is 5.63. The van der Waals surface area contributed by atoms with Crippen LogP contribution >= 0.6 is 0 Å². The van der Waals surface area contributed by atoms with E-state index in [0.717, 1.165) is 19.5 Å². The number of hydrogen-bond donors (Lipinski definition) is 1.